The van der Waals surface area contributed by atoms with Crippen LogP contribution in [0.1, 0.15) is 18.6 Å². The predicted octanol–water partition coefficient (Wildman–Crippen LogP) is 1.10. The van der Waals surface area contributed by atoms with Gasteiger partial charge in [-0.05, 0) is 26.3 Å². The molecule has 2 rings (SSSR count). The topological polar surface area (TPSA) is 67.2 Å². The van der Waals surface area contributed by atoms with Gasteiger partial charge in [0.25, 0.3) is 0 Å². The van der Waals surface area contributed by atoms with Gasteiger partial charge in [-0.25, -0.2) is 0 Å². The summed E-state index contributed by atoms with van der Waals surface area (Å²) in [6.45, 7) is 2.70. The first-order valence-corrected chi connectivity index (χ1v) is 4.73. The lowest BCUT2D eigenvalue weighted by Crippen LogP contribution is -2.35. The summed E-state index contributed by atoms with van der Waals surface area (Å²) in [5.74, 6) is 1.15. The molecule has 1 saturated heterocycles. The molecule has 2 N–H and O–H groups in total. The van der Waals surface area contributed by atoms with E-state index in [4.69, 9.17) is 4.52 Å². The molecular formula is C9H14ClN3O2. The maximum atomic E-state index is 11.6. The second-order valence-electron chi connectivity index (χ2n) is 3.46. The molecule has 0 aliphatic carbocycles. The molecule has 1 aromatic rings. The molecule has 0 aromatic carbocycles. The molecule has 6 heteroatoms. The first-order chi connectivity index (χ1) is 6.75. The van der Waals surface area contributed by atoms with E-state index in [0.29, 0.717) is 11.6 Å². The van der Waals surface area contributed by atoms with Crippen molar-refractivity contribution in [2.75, 3.05) is 11.9 Å². The molecule has 1 aliphatic heterocycles. The van der Waals surface area contributed by atoms with Crippen LogP contribution in [-0.2, 0) is 4.79 Å². The number of rotatable bonds is 2. The van der Waals surface area contributed by atoms with Crippen molar-refractivity contribution in [1.82, 2.24) is 10.5 Å². The molecule has 5 nitrogen and oxygen atoms in total. The summed E-state index contributed by atoms with van der Waals surface area (Å²) in [6, 6.07) is 1.62. The van der Waals surface area contributed by atoms with E-state index in [2.05, 4.69) is 15.8 Å². The number of hydrogen-bond acceptors (Lipinski definition) is 4. The summed E-state index contributed by atoms with van der Waals surface area (Å²) < 4.78 is 4.84. The molecule has 0 unspecified atom stereocenters. The van der Waals surface area contributed by atoms with Gasteiger partial charge in [-0.3, -0.25) is 4.79 Å². The molecule has 1 amide bonds. The zero-order valence-electron chi connectivity index (χ0n) is 8.45. The highest BCUT2D eigenvalue weighted by molar-refractivity contribution is 5.94. The van der Waals surface area contributed by atoms with E-state index in [1.807, 2.05) is 0 Å². The van der Waals surface area contributed by atoms with Crippen LogP contribution in [0.3, 0.4) is 0 Å². The predicted molar refractivity (Wildman–Crippen MR) is 58.1 cm³/mol. The number of amides is 1. The van der Waals surface area contributed by atoms with Crippen LogP contribution in [0.4, 0.5) is 5.82 Å². The van der Waals surface area contributed by atoms with Gasteiger partial charge in [-0.2, -0.15) is 0 Å². The standard InChI is InChI=1S/C9H13N3O2.ClH/c1-6-5-8(12-14-6)11-9(13)7-3-2-4-10-7;/h5,7,10H,2-4H2,1H3,(H,11,12,13);1H/t7-;/m0./s1. The number of nitrogens with zero attached hydrogens (tertiary/aromatic N) is 1. The lowest BCUT2D eigenvalue weighted by Gasteiger charge is -2.07. The van der Waals surface area contributed by atoms with Crippen molar-refractivity contribution in [2.24, 2.45) is 0 Å². The summed E-state index contributed by atoms with van der Waals surface area (Å²) in [6.07, 6.45) is 1.94. The highest BCUT2D eigenvalue weighted by Crippen LogP contribution is 2.10. The Morgan fingerprint density at radius 1 is 1.73 bits per heavy atom. The van der Waals surface area contributed by atoms with Gasteiger partial charge >= 0.3 is 0 Å². The maximum Gasteiger partial charge on any atom is 0.242 e. The van der Waals surface area contributed by atoms with Crippen LogP contribution in [0.25, 0.3) is 0 Å². The van der Waals surface area contributed by atoms with Gasteiger partial charge in [-0.15, -0.1) is 12.4 Å². The van der Waals surface area contributed by atoms with E-state index >= 15 is 0 Å². The summed E-state index contributed by atoms with van der Waals surface area (Å²) >= 11 is 0. The van der Waals surface area contributed by atoms with Crippen LogP contribution in [-0.4, -0.2) is 23.7 Å². The van der Waals surface area contributed by atoms with E-state index in [9.17, 15) is 4.79 Å². The van der Waals surface area contributed by atoms with Crippen LogP contribution >= 0.6 is 12.4 Å². The molecule has 84 valence electrons. The number of aryl methyl sites for hydroxylation is 1. The van der Waals surface area contributed by atoms with Crippen molar-refractivity contribution < 1.29 is 9.32 Å². The van der Waals surface area contributed by atoms with E-state index in [1.54, 1.807) is 13.0 Å². The zero-order valence-corrected chi connectivity index (χ0v) is 9.26. The normalized spacial score (nSPS) is 19.7. The minimum absolute atomic E-state index is 0. The van der Waals surface area contributed by atoms with Gasteiger partial charge in [0.1, 0.15) is 5.76 Å². The number of aromatic nitrogens is 1. The van der Waals surface area contributed by atoms with Crippen molar-refractivity contribution in [1.29, 1.82) is 0 Å². The molecular weight excluding hydrogens is 218 g/mol. The average Bonchev–Trinajstić information content (AvgIpc) is 2.75. The third kappa shape index (κ3) is 2.94. The monoisotopic (exact) mass is 231 g/mol. The molecule has 0 saturated carbocycles. The van der Waals surface area contributed by atoms with Gasteiger partial charge < -0.3 is 15.2 Å². The fourth-order valence-corrected chi connectivity index (χ4v) is 1.55. The maximum absolute atomic E-state index is 11.6. The largest absolute Gasteiger partial charge is 0.360 e. The minimum atomic E-state index is -0.0768. The lowest BCUT2D eigenvalue weighted by atomic mass is 10.2. The van der Waals surface area contributed by atoms with Crippen molar-refractivity contribution in [3.05, 3.63) is 11.8 Å². The van der Waals surface area contributed by atoms with Crippen molar-refractivity contribution in [2.45, 2.75) is 25.8 Å². The SMILES string of the molecule is Cc1cc(NC(=O)[C@@H]2CCCN2)no1.Cl. The molecule has 2 heterocycles. The lowest BCUT2D eigenvalue weighted by molar-refractivity contribution is -0.117. The Morgan fingerprint density at radius 2 is 2.53 bits per heavy atom. The van der Waals surface area contributed by atoms with Gasteiger partial charge in [0.15, 0.2) is 5.82 Å². The Kier molecular flexibility index (Phi) is 4.11. The summed E-state index contributed by atoms with van der Waals surface area (Å²) in [7, 11) is 0. The molecule has 1 atom stereocenters. The van der Waals surface area contributed by atoms with Crippen LogP contribution in [0.5, 0.6) is 0 Å². The van der Waals surface area contributed by atoms with Crippen LogP contribution in [0, 0.1) is 6.92 Å². The number of halogens is 1. The molecule has 1 fully saturated rings. The molecule has 0 radical (unpaired) electrons. The Morgan fingerprint density at radius 3 is 3.07 bits per heavy atom. The highest BCUT2D eigenvalue weighted by Gasteiger charge is 2.22. The third-order valence-electron chi connectivity index (χ3n) is 2.26. The molecule has 1 aliphatic rings. The van der Waals surface area contributed by atoms with Gasteiger partial charge in [0.2, 0.25) is 5.91 Å². The van der Waals surface area contributed by atoms with Crippen molar-refractivity contribution in [3.63, 3.8) is 0 Å². The van der Waals surface area contributed by atoms with E-state index in [0.717, 1.165) is 19.4 Å². The Balaban J connectivity index is 0.00000112. The fraction of sp³-hybridized carbons (Fsp3) is 0.556. The van der Waals surface area contributed by atoms with E-state index in [1.165, 1.54) is 0 Å². The molecule has 1 aromatic heterocycles. The van der Waals surface area contributed by atoms with Crippen LogP contribution in [0.15, 0.2) is 10.6 Å². The Bertz CT molecular complexity index is 334. The summed E-state index contributed by atoms with van der Waals surface area (Å²) in [5.41, 5.74) is 0. The average molecular weight is 232 g/mol. The van der Waals surface area contributed by atoms with E-state index < -0.39 is 0 Å². The first kappa shape index (κ1) is 12.0. The number of carbonyl (C=O) groups is 1. The molecule has 0 spiro atoms. The third-order valence-corrected chi connectivity index (χ3v) is 2.26. The molecule has 15 heavy (non-hydrogen) atoms. The minimum Gasteiger partial charge on any atom is -0.360 e. The van der Waals surface area contributed by atoms with Crippen LogP contribution in [0.2, 0.25) is 0 Å². The Labute approximate surface area is 94.0 Å². The zero-order chi connectivity index (χ0) is 9.97. The van der Waals surface area contributed by atoms with Crippen molar-refractivity contribution in [3.8, 4) is 0 Å². The fourth-order valence-electron chi connectivity index (χ4n) is 1.55. The Hall–Kier alpha value is -1.07. The smallest absolute Gasteiger partial charge is 0.242 e. The number of carbonyl (C=O) groups excluding carboxylic acids is 1. The highest BCUT2D eigenvalue weighted by atomic mass is 35.5. The van der Waals surface area contributed by atoms with Gasteiger partial charge in [0, 0.05) is 6.07 Å². The second kappa shape index (κ2) is 5.14. The van der Waals surface area contributed by atoms with Crippen LogP contribution < -0.4 is 10.6 Å². The second-order valence-corrected chi connectivity index (χ2v) is 3.46. The molecule has 0 bridgehead atoms. The number of nitrogens with one attached hydrogen (secondary N) is 2. The van der Waals surface area contributed by atoms with E-state index in [-0.39, 0.29) is 24.4 Å². The number of anilines is 1. The summed E-state index contributed by atoms with van der Waals surface area (Å²) in [4.78, 5) is 11.6. The summed E-state index contributed by atoms with van der Waals surface area (Å²) in [5, 5.41) is 9.50. The van der Waals surface area contributed by atoms with Gasteiger partial charge in [-0.1, -0.05) is 5.16 Å². The number of hydrogen-bond donors (Lipinski definition) is 2. The first-order valence-electron chi connectivity index (χ1n) is 4.73. The van der Waals surface area contributed by atoms with Gasteiger partial charge in [0.05, 0.1) is 6.04 Å². The van der Waals surface area contributed by atoms with Crippen molar-refractivity contribution >= 4 is 24.1 Å². The quantitative estimate of drug-likeness (QED) is 0.800.